The van der Waals surface area contributed by atoms with Crippen molar-refractivity contribution in [2.45, 2.75) is 13.8 Å². The third-order valence-corrected chi connectivity index (χ3v) is 5.30. The van der Waals surface area contributed by atoms with Crippen molar-refractivity contribution in [1.29, 1.82) is 0 Å². The Morgan fingerprint density at radius 2 is 2.09 bits per heavy atom. The lowest BCUT2D eigenvalue weighted by atomic mass is 9.92. The standard InChI is InChI=1S/C19H22ClNOS/c1-13-9-12-23-21(10-11-22-5)16(4)18(13)15(3)17-8-6-7-14(2)19(17)20/h6-9,12H,1,3,10-11H2,2,4-5H3. The molecule has 4 heteroatoms. The Balaban J connectivity index is 2.47. The molecule has 1 aromatic rings. The monoisotopic (exact) mass is 347 g/mol. The molecule has 2 rings (SSSR count). The van der Waals surface area contributed by atoms with Crippen molar-refractivity contribution in [1.82, 2.24) is 4.31 Å². The average Bonchev–Trinajstić information content (AvgIpc) is 2.66. The zero-order chi connectivity index (χ0) is 17.0. The second-order valence-electron chi connectivity index (χ2n) is 5.40. The minimum absolute atomic E-state index is 0.662. The summed E-state index contributed by atoms with van der Waals surface area (Å²) in [6.07, 6.45) is 2.02. The van der Waals surface area contributed by atoms with Gasteiger partial charge in [0.15, 0.2) is 0 Å². The molecule has 0 atom stereocenters. The number of methoxy groups -OCH3 is 1. The van der Waals surface area contributed by atoms with Crippen LogP contribution in [0.5, 0.6) is 0 Å². The maximum atomic E-state index is 6.49. The van der Waals surface area contributed by atoms with Gasteiger partial charge in [-0.1, -0.05) is 43.0 Å². The van der Waals surface area contributed by atoms with E-state index in [9.17, 15) is 0 Å². The Morgan fingerprint density at radius 1 is 1.35 bits per heavy atom. The zero-order valence-corrected chi connectivity index (χ0v) is 15.4. The summed E-state index contributed by atoms with van der Waals surface area (Å²) >= 11 is 8.13. The second kappa shape index (κ2) is 7.91. The molecule has 0 unspecified atom stereocenters. The van der Waals surface area contributed by atoms with Crippen LogP contribution in [0, 0.1) is 6.92 Å². The van der Waals surface area contributed by atoms with Crippen LogP contribution in [-0.4, -0.2) is 24.6 Å². The highest BCUT2D eigenvalue weighted by Gasteiger charge is 2.20. The van der Waals surface area contributed by atoms with Gasteiger partial charge < -0.3 is 9.04 Å². The van der Waals surface area contributed by atoms with Crippen molar-refractivity contribution in [3.05, 3.63) is 75.8 Å². The Labute approximate surface area is 148 Å². The van der Waals surface area contributed by atoms with Crippen LogP contribution in [0.2, 0.25) is 5.02 Å². The van der Waals surface area contributed by atoms with Crippen molar-refractivity contribution in [3.8, 4) is 0 Å². The molecule has 1 aliphatic rings. The van der Waals surface area contributed by atoms with Gasteiger partial charge in [-0.25, -0.2) is 0 Å². The van der Waals surface area contributed by atoms with Crippen LogP contribution in [0.4, 0.5) is 0 Å². The van der Waals surface area contributed by atoms with Crippen molar-refractivity contribution in [3.63, 3.8) is 0 Å². The lowest BCUT2D eigenvalue weighted by Gasteiger charge is -2.25. The summed E-state index contributed by atoms with van der Waals surface area (Å²) in [7, 11) is 1.71. The number of benzene rings is 1. The number of ether oxygens (including phenoxy) is 1. The van der Waals surface area contributed by atoms with E-state index in [1.165, 1.54) is 0 Å². The summed E-state index contributed by atoms with van der Waals surface area (Å²) < 4.78 is 7.40. The molecular weight excluding hydrogens is 326 g/mol. The summed E-state index contributed by atoms with van der Waals surface area (Å²) in [4.78, 5) is 0. The number of rotatable bonds is 5. The molecule has 1 aromatic carbocycles. The fraction of sp³-hybridized carbons (Fsp3) is 0.263. The van der Waals surface area contributed by atoms with Crippen LogP contribution in [0.1, 0.15) is 18.1 Å². The fourth-order valence-corrected chi connectivity index (χ4v) is 3.57. The van der Waals surface area contributed by atoms with Gasteiger partial charge in [0, 0.05) is 23.9 Å². The van der Waals surface area contributed by atoms with Gasteiger partial charge in [-0.05, 0) is 54.0 Å². The number of nitrogens with zero attached hydrogens (tertiary/aromatic N) is 1. The maximum absolute atomic E-state index is 6.49. The van der Waals surface area contributed by atoms with Crippen LogP contribution in [0.25, 0.3) is 5.57 Å². The van der Waals surface area contributed by atoms with Gasteiger partial charge in [-0.15, -0.1) is 0 Å². The van der Waals surface area contributed by atoms with Crippen LogP contribution < -0.4 is 0 Å². The third-order valence-electron chi connectivity index (χ3n) is 3.83. The molecule has 1 aliphatic heterocycles. The molecule has 0 bridgehead atoms. The Bertz CT molecular complexity index is 691. The molecule has 1 heterocycles. The van der Waals surface area contributed by atoms with E-state index in [-0.39, 0.29) is 0 Å². The Morgan fingerprint density at radius 3 is 2.78 bits per heavy atom. The number of halogens is 1. The molecule has 2 nitrogen and oxygen atoms in total. The molecule has 0 fully saturated rings. The summed E-state index contributed by atoms with van der Waals surface area (Å²) in [5.74, 6) is 0. The molecule has 0 aromatic heterocycles. The highest BCUT2D eigenvalue weighted by atomic mass is 35.5. The predicted octanol–water partition coefficient (Wildman–Crippen LogP) is 5.62. The van der Waals surface area contributed by atoms with E-state index in [2.05, 4.69) is 24.4 Å². The second-order valence-corrected chi connectivity index (χ2v) is 6.71. The smallest absolute Gasteiger partial charge is 0.0648 e. The van der Waals surface area contributed by atoms with E-state index in [0.29, 0.717) is 6.61 Å². The lowest BCUT2D eigenvalue weighted by Crippen LogP contribution is -2.19. The summed E-state index contributed by atoms with van der Waals surface area (Å²) in [6, 6.07) is 6.01. The number of allylic oxidation sites excluding steroid dienone is 5. The molecule has 0 aliphatic carbocycles. The minimum Gasteiger partial charge on any atom is -0.383 e. The van der Waals surface area contributed by atoms with Gasteiger partial charge in [0.1, 0.15) is 0 Å². The van der Waals surface area contributed by atoms with E-state index in [1.54, 1.807) is 19.1 Å². The molecule has 0 radical (unpaired) electrons. The van der Waals surface area contributed by atoms with Crippen molar-refractivity contribution < 1.29 is 4.74 Å². The first-order chi connectivity index (χ1) is 11.0. The van der Waals surface area contributed by atoms with Crippen LogP contribution in [0.15, 0.2) is 59.7 Å². The van der Waals surface area contributed by atoms with Crippen molar-refractivity contribution in [2.24, 2.45) is 0 Å². The van der Waals surface area contributed by atoms with Crippen molar-refractivity contribution >= 4 is 29.1 Å². The van der Waals surface area contributed by atoms with Crippen LogP contribution >= 0.6 is 23.5 Å². The van der Waals surface area contributed by atoms with Crippen molar-refractivity contribution in [2.75, 3.05) is 20.3 Å². The number of hydrogen-bond donors (Lipinski definition) is 0. The SMILES string of the molecule is C=C1C=CSN(CCOC)C(C)=C1C(=C)c1cccc(C)c1Cl. The van der Waals surface area contributed by atoms with Crippen LogP contribution in [0.3, 0.4) is 0 Å². The van der Waals surface area contributed by atoms with Gasteiger partial charge >= 0.3 is 0 Å². The first-order valence-electron chi connectivity index (χ1n) is 7.42. The Kier molecular flexibility index (Phi) is 6.17. The fourth-order valence-electron chi connectivity index (χ4n) is 2.53. The largest absolute Gasteiger partial charge is 0.383 e. The van der Waals surface area contributed by atoms with Gasteiger partial charge in [0.05, 0.1) is 18.2 Å². The van der Waals surface area contributed by atoms with Gasteiger partial charge in [-0.3, -0.25) is 0 Å². The number of aryl methyl sites for hydroxylation is 1. The topological polar surface area (TPSA) is 12.5 Å². The van der Waals surface area contributed by atoms with E-state index in [4.69, 9.17) is 16.3 Å². The molecule has 0 saturated heterocycles. The lowest BCUT2D eigenvalue weighted by molar-refractivity contribution is 0.189. The maximum Gasteiger partial charge on any atom is 0.0648 e. The highest BCUT2D eigenvalue weighted by Crippen LogP contribution is 2.38. The zero-order valence-electron chi connectivity index (χ0n) is 13.9. The van der Waals surface area contributed by atoms with E-state index in [0.717, 1.165) is 45.1 Å². The van der Waals surface area contributed by atoms with E-state index < -0.39 is 0 Å². The third kappa shape index (κ3) is 3.92. The summed E-state index contributed by atoms with van der Waals surface area (Å²) in [6.45, 7) is 14.1. The average molecular weight is 348 g/mol. The van der Waals surface area contributed by atoms with E-state index in [1.807, 2.05) is 36.6 Å². The first kappa shape index (κ1) is 17.9. The normalized spacial score (nSPS) is 15.1. The van der Waals surface area contributed by atoms with Gasteiger partial charge in [-0.2, -0.15) is 0 Å². The first-order valence-corrected chi connectivity index (χ1v) is 8.63. The molecule has 0 saturated carbocycles. The van der Waals surface area contributed by atoms with Gasteiger partial charge in [0.25, 0.3) is 0 Å². The minimum atomic E-state index is 0.662. The molecule has 0 spiro atoms. The highest BCUT2D eigenvalue weighted by molar-refractivity contribution is 8.00. The Hall–Kier alpha value is -1.42. The number of hydrogen-bond acceptors (Lipinski definition) is 3. The van der Waals surface area contributed by atoms with E-state index >= 15 is 0 Å². The molecule has 122 valence electrons. The quantitative estimate of drug-likeness (QED) is 0.642. The van der Waals surface area contributed by atoms with Gasteiger partial charge in [0.2, 0.25) is 0 Å². The summed E-state index contributed by atoms with van der Waals surface area (Å²) in [5, 5.41) is 2.79. The molecule has 23 heavy (non-hydrogen) atoms. The summed E-state index contributed by atoms with van der Waals surface area (Å²) in [5.41, 5.74) is 5.99. The molecular formula is C19H22ClNOS. The molecule has 0 amide bonds. The predicted molar refractivity (Wildman–Crippen MR) is 102 cm³/mol. The van der Waals surface area contributed by atoms with Crippen LogP contribution in [-0.2, 0) is 4.74 Å². The molecule has 0 N–H and O–H groups in total.